The molecule has 1 amide bonds. The fraction of sp³-hybridized carbons (Fsp3) is 0.190. The number of amides is 1. The van der Waals surface area contributed by atoms with Gasteiger partial charge in [0.05, 0.1) is 4.92 Å². The van der Waals surface area contributed by atoms with Gasteiger partial charge >= 0.3 is 0 Å². The van der Waals surface area contributed by atoms with Gasteiger partial charge < -0.3 is 15.1 Å². The molecule has 0 bridgehead atoms. The lowest BCUT2D eigenvalue weighted by Gasteiger charge is -2.07. The average molecular weight is 379 g/mol. The zero-order valence-corrected chi connectivity index (χ0v) is 15.3. The number of carbonyl (C=O) groups excluding carboxylic acids is 1. The Hall–Kier alpha value is -3.61. The molecule has 0 aliphatic heterocycles. The third-order valence-corrected chi connectivity index (χ3v) is 4.17. The third kappa shape index (κ3) is 5.44. The van der Waals surface area contributed by atoms with Crippen molar-refractivity contribution in [3.05, 3.63) is 82.6 Å². The van der Waals surface area contributed by atoms with Gasteiger partial charge in [0.1, 0.15) is 11.5 Å². The summed E-state index contributed by atoms with van der Waals surface area (Å²) in [5.74, 6) is 1.52. The minimum atomic E-state index is -0.439. The molecule has 0 radical (unpaired) electrons. The Kier molecular flexibility index (Phi) is 6.41. The number of carbonyl (C=O) groups is 1. The molecule has 2 aromatic carbocycles. The smallest absolute Gasteiger partial charge is 0.269 e. The molecule has 0 atom stereocenters. The Labute approximate surface area is 162 Å². The third-order valence-electron chi connectivity index (χ3n) is 4.17. The van der Waals surface area contributed by atoms with Gasteiger partial charge in [-0.3, -0.25) is 14.9 Å². The van der Waals surface area contributed by atoms with E-state index >= 15 is 0 Å². The second kappa shape index (κ2) is 9.36. The van der Waals surface area contributed by atoms with E-state index in [0.29, 0.717) is 25.9 Å². The molecule has 144 valence electrons. The lowest BCUT2D eigenvalue weighted by Crippen LogP contribution is -2.28. The van der Waals surface area contributed by atoms with Crippen LogP contribution in [-0.2, 0) is 11.2 Å². The highest BCUT2D eigenvalue weighted by Gasteiger charge is 2.07. The number of benzene rings is 2. The van der Waals surface area contributed by atoms with Crippen molar-refractivity contribution in [1.29, 1.82) is 0 Å². The maximum Gasteiger partial charge on any atom is 0.269 e. The van der Waals surface area contributed by atoms with Gasteiger partial charge in [-0.1, -0.05) is 30.3 Å². The van der Waals surface area contributed by atoms with Gasteiger partial charge in [0.2, 0.25) is 5.91 Å². The van der Waals surface area contributed by atoms with E-state index in [4.69, 9.17) is 4.42 Å². The van der Waals surface area contributed by atoms with E-state index in [1.54, 1.807) is 12.1 Å². The summed E-state index contributed by atoms with van der Waals surface area (Å²) >= 11 is 0. The molecule has 0 fully saturated rings. The van der Waals surface area contributed by atoms with Crippen LogP contribution in [-0.4, -0.2) is 23.9 Å². The van der Waals surface area contributed by atoms with Crippen molar-refractivity contribution < 1.29 is 14.1 Å². The first-order chi connectivity index (χ1) is 13.6. The minimum Gasteiger partial charge on any atom is -0.461 e. The summed E-state index contributed by atoms with van der Waals surface area (Å²) in [7, 11) is 0. The van der Waals surface area contributed by atoms with Crippen LogP contribution in [0.3, 0.4) is 0 Å². The van der Waals surface area contributed by atoms with Crippen LogP contribution >= 0.6 is 0 Å². The number of nitro benzene ring substituents is 1. The predicted octanol–water partition coefficient (Wildman–Crippen LogP) is 4.02. The van der Waals surface area contributed by atoms with E-state index in [1.807, 2.05) is 42.5 Å². The quantitative estimate of drug-likeness (QED) is 0.332. The van der Waals surface area contributed by atoms with Crippen LogP contribution in [0.15, 0.2) is 71.1 Å². The van der Waals surface area contributed by atoms with Crippen molar-refractivity contribution in [2.45, 2.75) is 12.8 Å². The van der Waals surface area contributed by atoms with E-state index < -0.39 is 4.92 Å². The topological polar surface area (TPSA) is 97.4 Å². The maximum atomic E-state index is 12.0. The van der Waals surface area contributed by atoms with Gasteiger partial charge in [-0.2, -0.15) is 0 Å². The Morgan fingerprint density at radius 2 is 1.71 bits per heavy atom. The molecule has 0 aliphatic carbocycles. The number of anilines is 1. The monoisotopic (exact) mass is 379 g/mol. The van der Waals surface area contributed by atoms with Gasteiger partial charge in [-0.25, -0.2) is 0 Å². The van der Waals surface area contributed by atoms with Crippen molar-refractivity contribution in [3.63, 3.8) is 0 Å². The second-order valence-electron chi connectivity index (χ2n) is 6.21. The van der Waals surface area contributed by atoms with Crippen molar-refractivity contribution in [3.8, 4) is 11.3 Å². The summed E-state index contributed by atoms with van der Waals surface area (Å²) in [6.45, 7) is 0.992. The lowest BCUT2D eigenvalue weighted by molar-refractivity contribution is -0.384. The van der Waals surface area contributed by atoms with Crippen LogP contribution < -0.4 is 10.6 Å². The average Bonchev–Trinajstić information content (AvgIpc) is 3.20. The molecular formula is C21H21N3O4. The molecule has 7 nitrogen and oxygen atoms in total. The summed E-state index contributed by atoms with van der Waals surface area (Å²) in [6.07, 6.45) is 0.883. The molecular weight excluding hydrogens is 358 g/mol. The Morgan fingerprint density at radius 1 is 0.964 bits per heavy atom. The summed E-state index contributed by atoms with van der Waals surface area (Å²) in [6, 6.07) is 19.8. The van der Waals surface area contributed by atoms with Gasteiger partial charge in [0.25, 0.3) is 5.69 Å². The van der Waals surface area contributed by atoms with Crippen LogP contribution in [0.25, 0.3) is 11.3 Å². The predicted molar refractivity (Wildman–Crippen MR) is 107 cm³/mol. The zero-order chi connectivity index (χ0) is 19.8. The molecule has 1 heterocycles. The Morgan fingerprint density at radius 3 is 2.43 bits per heavy atom. The fourth-order valence-electron chi connectivity index (χ4n) is 2.70. The molecule has 3 rings (SSSR count). The zero-order valence-electron chi connectivity index (χ0n) is 15.3. The van der Waals surface area contributed by atoms with E-state index in [-0.39, 0.29) is 11.6 Å². The largest absolute Gasteiger partial charge is 0.461 e. The Balaban J connectivity index is 1.36. The number of hydrogen-bond donors (Lipinski definition) is 2. The number of hydrogen-bond acceptors (Lipinski definition) is 5. The standard InChI is InChI=1S/C21H21N3O4/c25-21(23-15-14-22-17-6-8-18(9-7-17)24(26)27)13-11-19-10-12-20(28-19)16-4-2-1-3-5-16/h1-10,12,22H,11,13-15H2,(H,23,25). The highest BCUT2D eigenvalue weighted by Crippen LogP contribution is 2.22. The molecule has 0 unspecified atom stereocenters. The first kappa shape index (κ1) is 19.2. The van der Waals surface area contributed by atoms with E-state index in [2.05, 4.69) is 10.6 Å². The van der Waals surface area contributed by atoms with Crippen LogP contribution in [0.1, 0.15) is 12.2 Å². The molecule has 0 saturated heterocycles. The number of rotatable bonds is 9. The number of aryl methyl sites for hydroxylation is 1. The number of non-ortho nitro benzene ring substituents is 1. The summed E-state index contributed by atoms with van der Waals surface area (Å²) < 4.78 is 5.79. The SMILES string of the molecule is O=C(CCc1ccc(-c2ccccc2)o1)NCCNc1ccc([N+](=O)[O-])cc1. The summed E-state index contributed by atoms with van der Waals surface area (Å²) in [4.78, 5) is 22.1. The fourth-order valence-corrected chi connectivity index (χ4v) is 2.70. The normalized spacial score (nSPS) is 10.4. The first-order valence-corrected chi connectivity index (χ1v) is 9.01. The Bertz CT molecular complexity index is 920. The van der Waals surface area contributed by atoms with Crippen molar-refractivity contribution >= 4 is 17.3 Å². The van der Waals surface area contributed by atoms with Gasteiger partial charge in [-0.15, -0.1) is 0 Å². The molecule has 28 heavy (non-hydrogen) atoms. The van der Waals surface area contributed by atoms with Gasteiger partial charge in [-0.05, 0) is 24.3 Å². The molecule has 1 aromatic heterocycles. The summed E-state index contributed by atoms with van der Waals surface area (Å²) in [5.41, 5.74) is 1.83. The van der Waals surface area contributed by atoms with Crippen molar-refractivity contribution in [2.24, 2.45) is 0 Å². The number of nitrogens with zero attached hydrogens (tertiary/aromatic N) is 1. The van der Waals surface area contributed by atoms with Gasteiger partial charge in [0, 0.05) is 49.3 Å². The van der Waals surface area contributed by atoms with Crippen LogP contribution in [0, 0.1) is 10.1 Å². The van der Waals surface area contributed by atoms with Crippen LogP contribution in [0.4, 0.5) is 11.4 Å². The molecule has 7 heteroatoms. The van der Waals surface area contributed by atoms with E-state index in [1.165, 1.54) is 12.1 Å². The van der Waals surface area contributed by atoms with E-state index in [0.717, 1.165) is 22.8 Å². The first-order valence-electron chi connectivity index (χ1n) is 9.01. The number of nitrogens with one attached hydrogen (secondary N) is 2. The highest BCUT2D eigenvalue weighted by atomic mass is 16.6. The number of nitro groups is 1. The van der Waals surface area contributed by atoms with Crippen LogP contribution in [0.5, 0.6) is 0 Å². The van der Waals surface area contributed by atoms with E-state index in [9.17, 15) is 14.9 Å². The molecule has 0 saturated carbocycles. The lowest BCUT2D eigenvalue weighted by atomic mass is 10.2. The van der Waals surface area contributed by atoms with Crippen molar-refractivity contribution in [2.75, 3.05) is 18.4 Å². The van der Waals surface area contributed by atoms with Gasteiger partial charge in [0.15, 0.2) is 0 Å². The number of furan rings is 1. The second-order valence-corrected chi connectivity index (χ2v) is 6.21. The minimum absolute atomic E-state index is 0.0483. The van der Waals surface area contributed by atoms with Crippen LogP contribution in [0.2, 0.25) is 0 Å². The molecule has 0 aliphatic rings. The molecule has 3 aromatic rings. The highest BCUT2D eigenvalue weighted by molar-refractivity contribution is 5.76. The summed E-state index contributed by atoms with van der Waals surface area (Å²) in [5, 5.41) is 16.6. The molecule has 0 spiro atoms. The van der Waals surface area contributed by atoms with Crippen molar-refractivity contribution in [1.82, 2.24) is 5.32 Å². The molecule has 2 N–H and O–H groups in total. The maximum absolute atomic E-state index is 12.0.